The maximum absolute atomic E-state index is 11.2. The van der Waals surface area contributed by atoms with Crippen molar-refractivity contribution in [1.29, 1.82) is 0 Å². The van der Waals surface area contributed by atoms with E-state index in [1.807, 2.05) is 0 Å². The fourth-order valence-electron chi connectivity index (χ4n) is 2.36. The quantitative estimate of drug-likeness (QED) is 0.341. The van der Waals surface area contributed by atoms with Crippen LogP contribution in [0, 0.1) is 0 Å². The smallest absolute Gasteiger partial charge is 0.217 e. The van der Waals surface area contributed by atoms with Gasteiger partial charge in [0.2, 0.25) is 5.91 Å². The van der Waals surface area contributed by atoms with E-state index in [0.717, 1.165) is 25.7 Å². The van der Waals surface area contributed by atoms with Crippen LogP contribution >= 0.6 is 11.6 Å². The molecule has 5 atom stereocenters. The van der Waals surface area contributed by atoms with Gasteiger partial charge in [0, 0.05) is 19.4 Å². The van der Waals surface area contributed by atoms with Crippen LogP contribution in [0.25, 0.3) is 0 Å². The number of rotatable bonds is 9. The lowest BCUT2D eigenvalue weighted by atomic mass is 9.97. The highest BCUT2D eigenvalue weighted by Gasteiger charge is 2.45. The summed E-state index contributed by atoms with van der Waals surface area (Å²) in [6.07, 6.45) is -0.692. The molecule has 0 aromatic carbocycles. The van der Waals surface area contributed by atoms with Gasteiger partial charge >= 0.3 is 0 Å². The van der Waals surface area contributed by atoms with E-state index in [0.29, 0.717) is 12.5 Å². The summed E-state index contributed by atoms with van der Waals surface area (Å²) in [7, 11) is 0. The van der Waals surface area contributed by atoms with Crippen molar-refractivity contribution in [3.63, 3.8) is 0 Å². The Morgan fingerprint density at radius 3 is 2.50 bits per heavy atom. The van der Waals surface area contributed by atoms with Crippen molar-refractivity contribution >= 4 is 17.5 Å². The summed E-state index contributed by atoms with van der Waals surface area (Å²) in [6, 6.07) is -0.877. The zero-order chi connectivity index (χ0) is 16.5. The molecule has 1 fully saturated rings. The van der Waals surface area contributed by atoms with Gasteiger partial charge in [-0.1, -0.05) is 12.8 Å². The Bertz CT molecular complexity index is 332. The average Bonchev–Trinajstić information content (AvgIpc) is 2.49. The number of unbranched alkanes of at least 4 members (excludes halogenated alkanes) is 3. The largest absolute Gasteiger partial charge is 0.394 e. The first-order valence-electron chi connectivity index (χ1n) is 7.58. The molecule has 130 valence electrons. The molecule has 4 N–H and O–H groups in total. The van der Waals surface area contributed by atoms with Gasteiger partial charge in [-0.3, -0.25) is 4.79 Å². The number of amides is 1. The number of nitrogens with one attached hydrogen (secondary N) is 1. The summed E-state index contributed by atoms with van der Waals surface area (Å²) in [5.41, 5.74) is 0. The first-order valence-corrected chi connectivity index (χ1v) is 8.11. The van der Waals surface area contributed by atoms with E-state index in [4.69, 9.17) is 21.1 Å². The van der Waals surface area contributed by atoms with Crippen LogP contribution in [-0.4, -0.2) is 71.0 Å². The lowest BCUT2D eigenvalue weighted by Crippen LogP contribution is -2.64. The Kier molecular flexibility index (Phi) is 9.23. The van der Waals surface area contributed by atoms with Crippen molar-refractivity contribution in [1.82, 2.24) is 5.32 Å². The molecule has 1 rings (SSSR count). The molecule has 22 heavy (non-hydrogen) atoms. The number of halogens is 1. The second kappa shape index (κ2) is 10.4. The maximum atomic E-state index is 11.2. The van der Waals surface area contributed by atoms with Gasteiger partial charge in [0.25, 0.3) is 0 Å². The van der Waals surface area contributed by atoms with Gasteiger partial charge < -0.3 is 30.1 Å². The number of hydrogen-bond donors (Lipinski definition) is 4. The minimum atomic E-state index is -1.29. The molecule has 7 nitrogen and oxygen atoms in total. The van der Waals surface area contributed by atoms with Crippen LogP contribution < -0.4 is 5.32 Å². The molecule has 0 radical (unpaired) electrons. The van der Waals surface area contributed by atoms with E-state index < -0.39 is 37.3 Å². The molecule has 0 saturated carbocycles. The fourth-order valence-corrected chi connectivity index (χ4v) is 2.55. The minimum absolute atomic E-state index is 0.363. The van der Waals surface area contributed by atoms with Crippen molar-refractivity contribution in [2.24, 2.45) is 0 Å². The zero-order valence-electron chi connectivity index (χ0n) is 12.8. The Balaban J connectivity index is 2.52. The van der Waals surface area contributed by atoms with Gasteiger partial charge in [-0.05, 0) is 12.8 Å². The van der Waals surface area contributed by atoms with Crippen molar-refractivity contribution in [2.45, 2.75) is 63.3 Å². The molecule has 1 aliphatic heterocycles. The van der Waals surface area contributed by atoms with E-state index in [1.54, 1.807) is 0 Å². The molecule has 0 unspecified atom stereocenters. The van der Waals surface area contributed by atoms with Gasteiger partial charge in [-0.25, -0.2) is 0 Å². The highest BCUT2D eigenvalue weighted by Crippen LogP contribution is 2.22. The second-order valence-electron chi connectivity index (χ2n) is 5.41. The number of hydrogen-bond acceptors (Lipinski definition) is 6. The van der Waals surface area contributed by atoms with Crippen molar-refractivity contribution < 1.29 is 29.6 Å². The van der Waals surface area contributed by atoms with E-state index in [1.165, 1.54) is 6.92 Å². The third-order valence-corrected chi connectivity index (χ3v) is 3.83. The van der Waals surface area contributed by atoms with Gasteiger partial charge in [0.15, 0.2) is 6.29 Å². The van der Waals surface area contributed by atoms with Crippen LogP contribution in [0.2, 0.25) is 0 Å². The van der Waals surface area contributed by atoms with Crippen LogP contribution in [0.5, 0.6) is 0 Å². The lowest BCUT2D eigenvalue weighted by Gasteiger charge is -2.42. The Morgan fingerprint density at radius 2 is 1.91 bits per heavy atom. The summed E-state index contributed by atoms with van der Waals surface area (Å²) < 4.78 is 11.0. The predicted octanol–water partition coefficient (Wildman–Crippen LogP) is -0.254. The lowest BCUT2D eigenvalue weighted by molar-refractivity contribution is -0.270. The fraction of sp³-hybridized carbons (Fsp3) is 0.929. The van der Waals surface area contributed by atoms with Crippen LogP contribution in [0.3, 0.4) is 0 Å². The average molecular weight is 340 g/mol. The summed E-state index contributed by atoms with van der Waals surface area (Å²) in [4.78, 5) is 11.2. The molecule has 1 saturated heterocycles. The van der Waals surface area contributed by atoms with Crippen LogP contribution in [0.15, 0.2) is 0 Å². The Labute approximate surface area is 135 Å². The van der Waals surface area contributed by atoms with Crippen LogP contribution in [0.4, 0.5) is 0 Å². The zero-order valence-corrected chi connectivity index (χ0v) is 13.5. The third kappa shape index (κ3) is 5.98. The van der Waals surface area contributed by atoms with Crippen LogP contribution in [-0.2, 0) is 14.3 Å². The summed E-state index contributed by atoms with van der Waals surface area (Å²) in [6.45, 7) is 1.26. The summed E-state index contributed by atoms with van der Waals surface area (Å²) in [5.74, 6) is 0.275. The second-order valence-corrected chi connectivity index (χ2v) is 5.78. The van der Waals surface area contributed by atoms with Gasteiger partial charge in [-0.15, -0.1) is 11.6 Å². The molecule has 0 aliphatic carbocycles. The van der Waals surface area contributed by atoms with E-state index in [-0.39, 0.29) is 5.91 Å². The Morgan fingerprint density at radius 1 is 1.23 bits per heavy atom. The monoisotopic (exact) mass is 339 g/mol. The molecule has 0 spiro atoms. The molecule has 1 amide bonds. The molecule has 1 heterocycles. The van der Waals surface area contributed by atoms with E-state index in [2.05, 4.69) is 5.32 Å². The molecule has 8 heteroatoms. The number of aliphatic hydroxyl groups is 3. The number of carbonyl (C=O) groups is 1. The van der Waals surface area contributed by atoms with Crippen molar-refractivity contribution in [3.05, 3.63) is 0 Å². The molecular weight excluding hydrogens is 314 g/mol. The first kappa shape index (κ1) is 19.6. The SMILES string of the molecule is CC(=O)N[C@@H]1[C@@H](OCCCCCCCl)O[C@@H](CO)[C@@H](O)[C@@H]1O. The normalized spacial score (nSPS) is 32.0. The molecule has 0 bridgehead atoms. The topological polar surface area (TPSA) is 108 Å². The van der Waals surface area contributed by atoms with Gasteiger partial charge in [0.1, 0.15) is 24.4 Å². The van der Waals surface area contributed by atoms with E-state index >= 15 is 0 Å². The molecule has 1 aliphatic rings. The standard InChI is InChI=1S/C14H26ClNO6/c1-9(18)16-11-13(20)12(19)10(8-17)22-14(11)21-7-5-3-2-4-6-15/h10-14,17,19-20H,2-8H2,1H3,(H,16,18)/t10-,11-,12+,13+,14-/m0/s1. The third-order valence-electron chi connectivity index (χ3n) is 3.56. The minimum Gasteiger partial charge on any atom is -0.394 e. The Hall–Kier alpha value is -0.440. The highest BCUT2D eigenvalue weighted by molar-refractivity contribution is 6.17. The van der Waals surface area contributed by atoms with Crippen LogP contribution in [0.1, 0.15) is 32.6 Å². The number of ether oxygens (including phenoxy) is 2. The van der Waals surface area contributed by atoms with Crippen molar-refractivity contribution in [2.75, 3.05) is 19.1 Å². The molecular formula is C14H26ClNO6. The van der Waals surface area contributed by atoms with Crippen molar-refractivity contribution in [3.8, 4) is 0 Å². The van der Waals surface area contributed by atoms with E-state index in [9.17, 15) is 20.1 Å². The number of aliphatic hydroxyl groups excluding tert-OH is 3. The first-order chi connectivity index (χ1) is 10.5. The number of carbonyl (C=O) groups excluding carboxylic acids is 1. The van der Waals surface area contributed by atoms with Gasteiger partial charge in [-0.2, -0.15) is 0 Å². The van der Waals surface area contributed by atoms with Gasteiger partial charge in [0.05, 0.1) is 6.61 Å². The predicted molar refractivity (Wildman–Crippen MR) is 80.5 cm³/mol. The summed E-state index contributed by atoms with van der Waals surface area (Å²) in [5, 5.41) is 31.6. The highest BCUT2D eigenvalue weighted by atomic mass is 35.5. The maximum Gasteiger partial charge on any atom is 0.217 e. The summed E-state index contributed by atoms with van der Waals surface area (Å²) >= 11 is 5.60. The molecule has 0 aromatic rings. The molecule has 0 aromatic heterocycles. The number of alkyl halides is 1.